The van der Waals surface area contributed by atoms with Gasteiger partial charge in [-0.25, -0.2) is 9.48 Å². The van der Waals surface area contributed by atoms with Crippen molar-refractivity contribution in [2.75, 3.05) is 5.32 Å². The topological polar surface area (TPSA) is 55.1 Å². The summed E-state index contributed by atoms with van der Waals surface area (Å²) in [5.74, 6) is 0.946. The second-order valence-electron chi connectivity index (χ2n) is 8.82. The number of carbonyl (C=O) groups excluding carboxylic acids is 1. The lowest BCUT2D eigenvalue weighted by Gasteiger charge is -2.31. The van der Waals surface area contributed by atoms with Crippen LogP contribution in [-0.4, -0.2) is 25.3 Å². The monoisotopic (exact) mass is 493 g/mol. The maximum atomic E-state index is 13.9. The fourth-order valence-corrected chi connectivity index (χ4v) is 4.99. The van der Waals surface area contributed by atoms with Crippen LogP contribution in [0.3, 0.4) is 0 Å². The molecule has 1 aliphatic heterocycles. The standard InChI is InChI=1S/C29H24ClN5O/c1-20-25-19-34(29(36)31-23-16-14-22(30)15-17-23)27(21-9-4-2-5-10-21)26-13-8-18-33(26)28(25)35(32-20)24-11-6-3-7-12-24/h2-18,27H,19H2,1H3,(H,31,36). The van der Waals surface area contributed by atoms with Gasteiger partial charge in [0.05, 0.1) is 29.7 Å². The van der Waals surface area contributed by atoms with Gasteiger partial charge in [0.1, 0.15) is 5.82 Å². The minimum atomic E-state index is -0.301. The molecule has 1 N–H and O–H groups in total. The number of aromatic nitrogens is 3. The fraction of sp³-hybridized carbons (Fsp3) is 0.103. The van der Waals surface area contributed by atoms with Crippen molar-refractivity contribution in [1.29, 1.82) is 0 Å². The van der Waals surface area contributed by atoms with Gasteiger partial charge >= 0.3 is 6.03 Å². The molecule has 36 heavy (non-hydrogen) atoms. The molecule has 5 aromatic rings. The Bertz CT molecular complexity index is 1520. The molecule has 178 valence electrons. The van der Waals surface area contributed by atoms with Crippen molar-refractivity contribution in [2.24, 2.45) is 0 Å². The first kappa shape index (κ1) is 22.2. The molecule has 0 radical (unpaired) electrons. The number of nitrogens with one attached hydrogen (secondary N) is 1. The van der Waals surface area contributed by atoms with Crippen LogP contribution in [-0.2, 0) is 6.54 Å². The molecule has 0 bridgehead atoms. The first-order valence-electron chi connectivity index (χ1n) is 11.8. The summed E-state index contributed by atoms with van der Waals surface area (Å²) in [4.78, 5) is 15.7. The van der Waals surface area contributed by atoms with E-state index in [0.29, 0.717) is 17.3 Å². The molecule has 6 rings (SSSR count). The van der Waals surface area contributed by atoms with E-state index < -0.39 is 0 Å². The Labute approximate surface area is 214 Å². The van der Waals surface area contributed by atoms with E-state index in [1.54, 1.807) is 12.1 Å². The van der Waals surface area contributed by atoms with Gasteiger partial charge in [-0.15, -0.1) is 0 Å². The lowest BCUT2D eigenvalue weighted by molar-refractivity contribution is 0.194. The molecular formula is C29H24ClN5O. The van der Waals surface area contributed by atoms with Crippen LogP contribution in [0.25, 0.3) is 11.5 Å². The number of rotatable bonds is 3. The van der Waals surface area contributed by atoms with Gasteiger partial charge in [0.25, 0.3) is 0 Å². The molecule has 1 unspecified atom stereocenters. The average molecular weight is 494 g/mol. The van der Waals surface area contributed by atoms with E-state index in [-0.39, 0.29) is 12.1 Å². The highest BCUT2D eigenvalue weighted by Crippen LogP contribution is 2.38. The van der Waals surface area contributed by atoms with Crippen molar-refractivity contribution in [2.45, 2.75) is 19.5 Å². The van der Waals surface area contributed by atoms with E-state index in [2.05, 4.69) is 28.1 Å². The Morgan fingerprint density at radius 1 is 0.917 bits per heavy atom. The van der Waals surface area contributed by atoms with Crippen molar-refractivity contribution in [3.63, 3.8) is 0 Å². The molecule has 1 atom stereocenters. The molecule has 2 amide bonds. The molecular weight excluding hydrogens is 470 g/mol. The highest BCUT2D eigenvalue weighted by atomic mass is 35.5. The Morgan fingerprint density at radius 2 is 1.61 bits per heavy atom. The molecule has 2 aromatic heterocycles. The maximum absolute atomic E-state index is 13.9. The Kier molecular flexibility index (Phi) is 5.58. The van der Waals surface area contributed by atoms with Crippen molar-refractivity contribution in [1.82, 2.24) is 19.2 Å². The molecule has 0 aliphatic carbocycles. The molecule has 0 spiro atoms. The van der Waals surface area contributed by atoms with Gasteiger partial charge in [-0.2, -0.15) is 5.10 Å². The average Bonchev–Trinajstić information content (AvgIpc) is 3.47. The SMILES string of the molecule is Cc1nn(-c2ccccc2)c2c1CN(C(=O)Nc1ccc(Cl)cc1)C(c1ccccc1)c1cccn1-2. The maximum Gasteiger partial charge on any atom is 0.322 e. The number of aryl methyl sites for hydroxylation is 1. The molecule has 3 aromatic carbocycles. The number of hydrogen-bond acceptors (Lipinski definition) is 2. The predicted molar refractivity (Wildman–Crippen MR) is 142 cm³/mol. The smallest absolute Gasteiger partial charge is 0.308 e. The lowest BCUT2D eigenvalue weighted by atomic mass is 10.0. The van der Waals surface area contributed by atoms with Crippen molar-refractivity contribution in [3.8, 4) is 11.5 Å². The Morgan fingerprint density at radius 3 is 2.33 bits per heavy atom. The number of hydrogen-bond donors (Lipinski definition) is 1. The largest absolute Gasteiger partial charge is 0.322 e. The van der Waals surface area contributed by atoms with Crippen LogP contribution in [0.4, 0.5) is 10.5 Å². The number of carbonyl (C=O) groups is 1. The van der Waals surface area contributed by atoms with Gasteiger partial charge in [0, 0.05) is 22.5 Å². The molecule has 6 nitrogen and oxygen atoms in total. The van der Waals surface area contributed by atoms with E-state index in [1.807, 2.05) is 89.4 Å². The van der Waals surface area contributed by atoms with Crippen LogP contribution in [0.1, 0.15) is 28.6 Å². The molecule has 3 heterocycles. The quantitative estimate of drug-likeness (QED) is 0.302. The van der Waals surface area contributed by atoms with Gasteiger partial charge < -0.3 is 14.8 Å². The third-order valence-corrected chi connectivity index (χ3v) is 6.81. The Balaban J connectivity index is 1.52. The summed E-state index contributed by atoms with van der Waals surface area (Å²) in [6.45, 7) is 2.40. The number of urea groups is 1. The summed E-state index contributed by atoms with van der Waals surface area (Å²) < 4.78 is 4.13. The fourth-order valence-electron chi connectivity index (χ4n) is 4.86. The number of anilines is 1. The highest BCUT2D eigenvalue weighted by molar-refractivity contribution is 6.30. The van der Waals surface area contributed by atoms with Crippen LogP contribution in [0, 0.1) is 6.92 Å². The molecule has 1 aliphatic rings. The Hall–Kier alpha value is -4.29. The van der Waals surface area contributed by atoms with E-state index in [0.717, 1.165) is 34.0 Å². The van der Waals surface area contributed by atoms with Gasteiger partial charge in [0.15, 0.2) is 0 Å². The third-order valence-electron chi connectivity index (χ3n) is 6.56. The van der Waals surface area contributed by atoms with Crippen LogP contribution in [0.15, 0.2) is 103 Å². The van der Waals surface area contributed by atoms with Crippen LogP contribution >= 0.6 is 11.6 Å². The van der Waals surface area contributed by atoms with E-state index >= 15 is 0 Å². The first-order valence-corrected chi connectivity index (χ1v) is 12.2. The minimum Gasteiger partial charge on any atom is -0.308 e. The number of amides is 2. The van der Waals surface area contributed by atoms with Gasteiger partial charge in [-0.05, 0) is 61.0 Å². The van der Waals surface area contributed by atoms with E-state index in [9.17, 15) is 4.79 Å². The van der Waals surface area contributed by atoms with Crippen LogP contribution in [0.5, 0.6) is 0 Å². The molecule has 0 saturated carbocycles. The number of fused-ring (bicyclic) bond motifs is 3. The summed E-state index contributed by atoms with van der Waals surface area (Å²) in [7, 11) is 0. The number of nitrogens with zero attached hydrogens (tertiary/aromatic N) is 4. The van der Waals surface area contributed by atoms with Gasteiger partial charge in [-0.3, -0.25) is 0 Å². The summed E-state index contributed by atoms with van der Waals surface area (Å²) >= 11 is 6.06. The number of benzene rings is 3. The van der Waals surface area contributed by atoms with Crippen molar-refractivity contribution < 1.29 is 4.79 Å². The summed E-state index contributed by atoms with van der Waals surface area (Å²) in [5.41, 5.74) is 5.56. The summed E-state index contributed by atoms with van der Waals surface area (Å²) in [6.07, 6.45) is 2.05. The summed E-state index contributed by atoms with van der Waals surface area (Å²) in [6, 6.07) is 31.0. The molecule has 0 saturated heterocycles. The zero-order valence-electron chi connectivity index (χ0n) is 19.7. The van der Waals surface area contributed by atoms with Crippen LogP contribution in [0.2, 0.25) is 5.02 Å². The zero-order valence-corrected chi connectivity index (χ0v) is 20.4. The van der Waals surface area contributed by atoms with E-state index in [1.165, 1.54) is 0 Å². The number of para-hydroxylation sites is 1. The summed E-state index contributed by atoms with van der Waals surface area (Å²) in [5, 5.41) is 8.58. The predicted octanol–water partition coefficient (Wildman–Crippen LogP) is 6.76. The van der Waals surface area contributed by atoms with E-state index in [4.69, 9.17) is 16.7 Å². The molecule has 0 fully saturated rings. The van der Waals surface area contributed by atoms with Crippen LogP contribution < -0.4 is 5.32 Å². The van der Waals surface area contributed by atoms with Crippen molar-refractivity contribution >= 4 is 23.3 Å². The van der Waals surface area contributed by atoms with Crippen molar-refractivity contribution in [3.05, 3.63) is 131 Å². The number of halogens is 1. The van der Waals surface area contributed by atoms with Gasteiger partial charge in [-0.1, -0.05) is 60.1 Å². The highest BCUT2D eigenvalue weighted by Gasteiger charge is 2.35. The minimum absolute atomic E-state index is 0.196. The normalized spacial score (nSPS) is 14.6. The second-order valence-corrected chi connectivity index (χ2v) is 9.25. The first-order chi connectivity index (χ1) is 17.6. The zero-order chi connectivity index (χ0) is 24.6. The lowest BCUT2D eigenvalue weighted by Crippen LogP contribution is -2.38. The third kappa shape index (κ3) is 3.85. The second kappa shape index (κ2) is 9.06. The van der Waals surface area contributed by atoms with Gasteiger partial charge in [0.2, 0.25) is 0 Å². The molecule has 7 heteroatoms.